The monoisotopic (exact) mass is 418 g/mol. The van der Waals surface area contributed by atoms with Crippen LogP contribution in [-0.4, -0.2) is 27.7 Å². The number of nitrogens with zero attached hydrogens (tertiary/aromatic N) is 1. The molecule has 1 amide bonds. The molecule has 0 aliphatic carbocycles. The zero-order valence-electron chi connectivity index (χ0n) is 17.6. The first-order chi connectivity index (χ1) is 15.0. The van der Waals surface area contributed by atoms with Crippen LogP contribution in [0.4, 0.5) is 5.69 Å². The molecule has 31 heavy (non-hydrogen) atoms. The van der Waals surface area contributed by atoms with Crippen LogP contribution in [0.5, 0.6) is 5.75 Å². The molecule has 0 radical (unpaired) electrons. The molecule has 1 aromatic heterocycles. The van der Waals surface area contributed by atoms with E-state index >= 15 is 0 Å². The Kier molecular flexibility index (Phi) is 7.27. The van der Waals surface area contributed by atoms with Crippen molar-refractivity contribution in [3.8, 4) is 5.75 Å². The Morgan fingerprint density at radius 2 is 1.94 bits per heavy atom. The number of rotatable bonds is 9. The summed E-state index contributed by atoms with van der Waals surface area (Å²) in [6.45, 7) is 4.08. The number of carbonyl (C=O) groups excluding carboxylic acids is 1. The summed E-state index contributed by atoms with van der Waals surface area (Å²) in [7, 11) is 0. The van der Waals surface area contributed by atoms with E-state index in [9.17, 15) is 9.59 Å². The summed E-state index contributed by atoms with van der Waals surface area (Å²) in [4.78, 5) is 23.7. The lowest BCUT2D eigenvalue weighted by atomic mass is 10.1. The minimum Gasteiger partial charge on any atom is -0.479 e. The maximum absolute atomic E-state index is 12.7. The van der Waals surface area contributed by atoms with Crippen molar-refractivity contribution in [3.05, 3.63) is 89.8 Å². The molecule has 2 aromatic carbocycles. The van der Waals surface area contributed by atoms with Crippen LogP contribution in [0.2, 0.25) is 0 Å². The summed E-state index contributed by atoms with van der Waals surface area (Å²) in [5.74, 6) is -0.683. The normalized spacial score (nSPS) is 11.9. The summed E-state index contributed by atoms with van der Waals surface area (Å²) in [5.41, 5.74) is 3.39. The van der Waals surface area contributed by atoms with E-state index in [1.165, 1.54) is 12.5 Å². The van der Waals surface area contributed by atoms with Crippen molar-refractivity contribution in [2.45, 2.75) is 32.9 Å². The molecule has 3 rings (SSSR count). The number of hydrogen-bond donors (Lipinski definition) is 2. The fourth-order valence-electron chi connectivity index (χ4n) is 3.09. The molecule has 0 fully saturated rings. The molecule has 3 aromatic rings. The van der Waals surface area contributed by atoms with E-state index < -0.39 is 12.1 Å². The highest BCUT2D eigenvalue weighted by Gasteiger charge is 2.12. The molecule has 0 saturated carbocycles. The van der Waals surface area contributed by atoms with E-state index in [0.29, 0.717) is 18.0 Å². The van der Waals surface area contributed by atoms with Crippen LogP contribution in [0.15, 0.2) is 72.9 Å². The standard InChI is InChI=1S/C25H26N2O4/c1-3-19-8-4-11-21(16-19)26-24(28)23-13-7-15-27(23)14-6-10-20-9-5-12-22(17-20)31-18(2)25(29)30/h4-13,15-18H,3,14H2,1-2H3,(H,26,28)(H,29,30)/t18-/m0/s1. The van der Waals surface area contributed by atoms with Crippen molar-refractivity contribution in [2.75, 3.05) is 5.32 Å². The SMILES string of the molecule is CCc1cccc(NC(=O)c2cccn2CC=Cc2cccc(O[C@@H](C)C(=O)O)c2)c1. The summed E-state index contributed by atoms with van der Waals surface area (Å²) in [6, 6.07) is 18.7. The Morgan fingerprint density at radius 1 is 1.13 bits per heavy atom. The van der Waals surface area contributed by atoms with Crippen LogP contribution in [0.3, 0.4) is 0 Å². The van der Waals surface area contributed by atoms with Crippen LogP contribution in [-0.2, 0) is 17.8 Å². The Hall–Kier alpha value is -3.80. The fourth-order valence-corrected chi connectivity index (χ4v) is 3.09. The molecule has 0 aliphatic heterocycles. The van der Waals surface area contributed by atoms with Crippen LogP contribution in [0.1, 0.15) is 35.5 Å². The number of allylic oxidation sites excluding steroid dienone is 1. The topological polar surface area (TPSA) is 80.6 Å². The zero-order chi connectivity index (χ0) is 22.2. The molecular formula is C25H26N2O4. The minimum atomic E-state index is -1.01. The van der Waals surface area contributed by atoms with Gasteiger partial charge in [0.1, 0.15) is 11.4 Å². The predicted octanol–water partition coefficient (Wildman–Crippen LogP) is 4.87. The first-order valence-electron chi connectivity index (χ1n) is 10.2. The second-order valence-corrected chi connectivity index (χ2v) is 7.13. The number of carboxylic acid groups (broad SMARTS) is 1. The van der Waals surface area contributed by atoms with Crippen LogP contribution < -0.4 is 10.1 Å². The maximum Gasteiger partial charge on any atom is 0.344 e. The number of aliphatic carboxylic acids is 1. The Labute approximate surface area is 181 Å². The molecule has 1 atom stereocenters. The zero-order valence-corrected chi connectivity index (χ0v) is 17.6. The molecular weight excluding hydrogens is 392 g/mol. The number of ether oxygens (including phenoxy) is 1. The molecule has 0 bridgehead atoms. The van der Waals surface area contributed by atoms with E-state index in [0.717, 1.165) is 17.7 Å². The second kappa shape index (κ2) is 10.3. The summed E-state index contributed by atoms with van der Waals surface area (Å²) >= 11 is 0. The fraction of sp³-hybridized carbons (Fsp3) is 0.200. The Bertz CT molecular complexity index is 1080. The third-order valence-corrected chi connectivity index (χ3v) is 4.79. The van der Waals surface area contributed by atoms with Gasteiger partial charge in [-0.3, -0.25) is 4.79 Å². The molecule has 0 spiro atoms. The summed E-state index contributed by atoms with van der Waals surface area (Å²) in [5, 5.41) is 11.9. The average molecular weight is 418 g/mol. The van der Waals surface area contributed by atoms with Gasteiger partial charge in [-0.1, -0.05) is 43.3 Å². The summed E-state index contributed by atoms with van der Waals surface area (Å²) < 4.78 is 7.26. The maximum atomic E-state index is 12.7. The van der Waals surface area contributed by atoms with Crippen molar-refractivity contribution in [2.24, 2.45) is 0 Å². The van der Waals surface area contributed by atoms with E-state index in [-0.39, 0.29) is 5.91 Å². The molecule has 0 unspecified atom stereocenters. The number of nitrogens with one attached hydrogen (secondary N) is 1. The van der Waals surface area contributed by atoms with Gasteiger partial charge in [-0.2, -0.15) is 0 Å². The summed E-state index contributed by atoms with van der Waals surface area (Å²) in [6.07, 6.45) is 5.69. The number of aryl methyl sites for hydroxylation is 1. The van der Waals surface area contributed by atoms with Gasteiger partial charge in [0.2, 0.25) is 0 Å². The van der Waals surface area contributed by atoms with Crippen LogP contribution in [0, 0.1) is 0 Å². The molecule has 0 saturated heterocycles. The second-order valence-electron chi connectivity index (χ2n) is 7.13. The average Bonchev–Trinajstić information content (AvgIpc) is 3.23. The third kappa shape index (κ3) is 6.09. The lowest BCUT2D eigenvalue weighted by molar-refractivity contribution is -0.144. The molecule has 2 N–H and O–H groups in total. The number of aromatic nitrogens is 1. The van der Waals surface area contributed by atoms with Crippen LogP contribution in [0.25, 0.3) is 6.08 Å². The van der Waals surface area contributed by atoms with Crippen molar-refractivity contribution < 1.29 is 19.4 Å². The van der Waals surface area contributed by atoms with Gasteiger partial charge < -0.3 is 19.7 Å². The van der Waals surface area contributed by atoms with Gasteiger partial charge in [0.25, 0.3) is 5.91 Å². The number of anilines is 1. The number of amides is 1. The van der Waals surface area contributed by atoms with E-state index in [4.69, 9.17) is 9.84 Å². The van der Waals surface area contributed by atoms with Gasteiger partial charge in [0.15, 0.2) is 6.10 Å². The van der Waals surface area contributed by atoms with Crippen molar-refractivity contribution >= 4 is 23.6 Å². The lowest BCUT2D eigenvalue weighted by Gasteiger charge is -2.10. The van der Waals surface area contributed by atoms with E-state index in [1.54, 1.807) is 18.2 Å². The Balaban J connectivity index is 1.64. The third-order valence-electron chi connectivity index (χ3n) is 4.79. The van der Waals surface area contributed by atoms with Gasteiger partial charge in [-0.05, 0) is 60.9 Å². The van der Waals surface area contributed by atoms with Crippen LogP contribution >= 0.6 is 0 Å². The highest BCUT2D eigenvalue weighted by atomic mass is 16.5. The van der Waals surface area contributed by atoms with Gasteiger partial charge >= 0.3 is 5.97 Å². The Morgan fingerprint density at radius 3 is 2.71 bits per heavy atom. The molecule has 0 aliphatic rings. The predicted molar refractivity (Wildman–Crippen MR) is 121 cm³/mol. The highest BCUT2D eigenvalue weighted by molar-refractivity contribution is 6.03. The number of benzene rings is 2. The van der Waals surface area contributed by atoms with Crippen molar-refractivity contribution in [3.63, 3.8) is 0 Å². The van der Waals surface area contributed by atoms with Gasteiger partial charge in [-0.25, -0.2) is 4.79 Å². The van der Waals surface area contributed by atoms with Gasteiger partial charge in [0.05, 0.1) is 0 Å². The molecule has 6 nitrogen and oxygen atoms in total. The molecule has 160 valence electrons. The van der Waals surface area contributed by atoms with Crippen molar-refractivity contribution in [1.82, 2.24) is 4.57 Å². The quantitative estimate of drug-likeness (QED) is 0.520. The van der Waals surface area contributed by atoms with Gasteiger partial charge in [0, 0.05) is 18.4 Å². The first-order valence-corrected chi connectivity index (χ1v) is 10.2. The number of carbonyl (C=O) groups is 2. The van der Waals surface area contributed by atoms with E-state index in [1.807, 2.05) is 65.4 Å². The smallest absolute Gasteiger partial charge is 0.344 e. The van der Waals surface area contributed by atoms with Gasteiger partial charge in [-0.15, -0.1) is 0 Å². The number of carboxylic acids is 1. The molecule has 1 heterocycles. The lowest BCUT2D eigenvalue weighted by Crippen LogP contribution is -2.22. The first kappa shape index (κ1) is 21.9. The van der Waals surface area contributed by atoms with Crippen molar-refractivity contribution in [1.29, 1.82) is 0 Å². The number of hydrogen-bond acceptors (Lipinski definition) is 3. The van der Waals surface area contributed by atoms with E-state index in [2.05, 4.69) is 12.2 Å². The highest BCUT2D eigenvalue weighted by Crippen LogP contribution is 2.17. The largest absolute Gasteiger partial charge is 0.479 e. The molecule has 6 heteroatoms. The minimum absolute atomic E-state index is 0.162.